The third-order valence-electron chi connectivity index (χ3n) is 9.20. The molecule has 2 heterocycles. The Kier molecular flexibility index (Phi) is 7.29. The number of aromatic nitrogens is 3. The molecule has 3 fully saturated rings. The topological polar surface area (TPSA) is 147 Å². The van der Waals surface area contributed by atoms with Gasteiger partial charge >= 0.3 is 6.09 Å². The number of carbonyl (C=O) groups excluding carboxylic acids is 1. The molecule has 0 radical (unpaired) electrons. The van der Waals surface area contributed by atoms with Crippen molar-refractivity contribution in [3.8, 4) is 11.3 Å². The molecule has 13 heteroatoms. The SMILES string of the molecule is CC(C)(C)N(C(=O)O)C12CC(C(=O)Nc3ccc(Nc4ncc(Cl)c(-c5cn(S(=O)(=O)c6ccccc6)c6ccccc56)n4)cc3)(C1)C2. The maximum atomic E-state index is 13.6. The summed E-state index contributed by atoms with van der Waals surface area (Å²) < 4.78 is 28.4. The van der Waals surface area contributed by atoms with Crippen LogP contribution in [0.3, 0.4) is 0 Å². The first kappa shape index (κ1) is 31.6. The van der Waals surface area contributed by atoms with E-state index in [4.69, 9.17) is 11.6 Å². The number of hydrogen-bond donors (Lipinski definition) is 3. The first-order valence-corrected chi connectivity index (χ1v) is 17.2. The molecule has 3 saturated carbocycles. The lowest BCUT2D eigenvalue weighted by molar-refractivity contribution is -0.219. The Morgan fingerprint density at radius 3 is 2.21 bits per heavy atom. The number of rotatable bonds is 8. The fraction of sp³-hybridized carbons (Fsp3) is 0.257. The molecule has 5 aromatic rings. The van der Waals surface area contributed by atoms with E-state index in [-0.39, 0.29) is 21.8 Å². The average molecular weight is 685 g/mol. The van der Waals surface area contributed by atoms with E-state index in [2.05, 4.69) is 20.6 Å². The van der Waals surface area contributed by atoms with Crippen LogP contribution in [-0.2, 0) is 14.8 Å². The van der Waals surface area contributed by atoms with Gasteiger partial charge in [0.2, 0.25) is 11.9 Å². The van der Waals surface area contributed by atoms with Crippen molar-refractivity contribution < 1.29 is 23.1 Å². The predicted molar refractivity (Wildman–Crippen MR) is 184 cm³/mol. The second-order valence-corrected chi connectivity index (χ2v) is 15.8. The molecule has 3 aromatic carbocycles. The molecule has 0 unspecified atom stereocenters. The van der Waals surface area contributed by atoms with Crippen molar-refractivity contribution in [3.63, 3.8) is 0 Å². The number of nitrogens with zero attached hydrogens (tertiary/aromatic N) is 4. The number of benzene rings is 3. The van der Waals surface area contributed by atoms with E-state index in [1.165, 1.54) is 21.3 Å². The van der Waals surface area contributed by atoms with E-state index < -0.39 is 32.6 Å². The van der Waals surface area contributed by atoms with Crippen molar-refractivity contribution in [2.45, 2.75) is 56.0 Å². The number of amides is 2. The fourth-order valence-electron chi connectivity index (χ4n) is 7.30. The number of carbonyl (C=O) groups is 2. The minimum absolute atomic E-state index is 0.108. The van der Waals surface area contributed by atoms with Crippen LogP contribution < -0.4 is 10.6 Å². The summed E-state index contributed by atoms with van der Waals surface area (Å²) in [4.78, 5) is 35.8. The lowest BCUT2D eigenvalue weighted by Gasteiger charge is -2.73. The molecule has 0 spiro atoms. The number of para-hydroxylation sites is 1. The number of halogens is 1. The van der Waals surface area contributed by atoms with Gasteiger partial charge in [-0.1, -0.05) is 48.0 Å². The molecule has 8 rings (SSSR count). The first-order chi connectivity index (χ1) is 22.7. The molecule has 0 atom stereocenters. The molecule has 0 saturated heterocycles. The number of carboxylic acid groups (broad SMARTS) is 1. The second kappa shape index (κ2) is 11.1. The zero-order valence-corrected chi connectivity index (χ0v) is 28.0. The number of fused-ring (bicyclic) bond motifs is 1. The Morgan fingerprint density at radius 2 is 1.56 bits per heavy atom. The zero-order valence-electron chi connectivity index (χ0n) is 26.4. The van der Waals surface area contributed by atoms with Crippen LogP contribution in [0, 0.1) is 5.41 Å². The van der Waals surface area contributed by atoms with Crippen molar-refractivity contribution in [1.82, 2.24) is 18.8 Å². The standard InChI is InChI=1S/C35H33ClN6O5S/c1-33(2,3)42(32(44)45)35-19-34(20-35,21-35)30(43)38-22-13-15-23(16-14-22)39-31-37-17-27(36)29(40-31)26-18-41(28-12-8-7-11-25(26)28)48(46,47)24-9-5-4-6-10-24/h4-18H,19-21H2,1-3H3,(H,38,43)(H,44,45)(H,37,39,40). The summed E-state index contributed by atoms with van der Waals surface area (Å²) in [6.45, 7) is 5.62. The summed E-state index contributed by atoms with van der Waals surface area (Å²) >= 11 is 6.58. The predicted octanol–water partition coefficient (Wildman–Crippen LogP) is 7.37. The van der Waals surface area contributed by atoms with Crippen LogP contribution in [-0.4, -0.2) is 55.4 Å². The Labute approximate surface area is 282 Å². The summed E-state index contributed by atoms with van der Waals surface area (Å²) in [5.74, 6) is 0.137. The van der Waals surface area contributed by atoms with Crippen molar-refractivity contribution in [1.29, 1.82) is 0 Å². The lowest BCUT2D eigenvalue weighted by atomic mass is 9.38. The van der Waals surface area contributed by atoms with E-state index in [0.717, 1.165) is 0 Å². The van der Waals surface area contributed by atoms with Crippen molar-refractivity contribution >= 4 is 61.9 Å². The minimum Gasteiger partial charge on any atom is -0.465 e. The monoisotopic (exact) mass is 684 g/mol. The third-order valence-corrected chi connectivity index (χ3v) is 11.2. The molecule has 3 aliphatic rings. The van der Waals surface area contributed by atoms with E-state index >= 15 is 0 Å². The summed E-state index contributed by atoms with van der Waals surface area (Å²) in [6, 6.07) is 22.4. The second-order valence-electron chi connectivity index (χ2n) is 13.5. The highest BCUT2D eigenvalue weighted by molar-refractivity contribution is 7.90. The highest BCUT2D eigenvalue weighted by Gasteiger charge is 2.75. The molecular formula is C35H33ClN6O5S. The Morgan fingerprint density at radius 1 is 0.938 bits per heavy atom. The van der Waals surface area contributed by atoms with Gasteiger partial charge in [-0.2, -0.15) is 0 Å². The molecule has 3 N–H and O–H groups in total. The summed E-state index contributed by atoms with van der Waals surface area (Å²) in [5.41, 5.74) is 1.07. The van der Waals surface area contributed by atoms with Gasteiger partial charge in [-0.15, -0.1) is 0 Å². The Hall–Kier alpha value is -4.94. The molecule has 11 nitrogen and oxygen atoms in total. The van der Waals surface area contributed by atoms with Gasteiger partial charge in [-0.25, -0.2) is 27.2 Å². The highest BCUT2D eigenvalue weighted by atomic mass is 35.5. The molecule has 3 aliphatic carbocycles. The van der Waals surface area contributed by atoms with Gasteiger partial charge in [0.15, 0.2) is 0 Å². The van der Waals surface area contributed by atoms with Gasteiger partial charge in [0, 0.05) is 39.6 Å². The van der Waals surface area contributed by atoms with Crippen molar-refractivity contribution in [3.05, 3.63) is 96.3 Å². The number of hydrogen-bond acceptors (Lipinski definition) is 7. The minimum atomic E-state index is -3.90. The summed E-state index contributed by atoms with van der Waals surface area (Å²) in [5, 5.41) is 16.9. The van der Waals surface area contributed by atoms with Crippen LogP contribution in [0.15, 0.2) is 96.2 Å². The van der Waals surface area contributed by atoms with E-state index in [0.29, 0.717) is 52.8 Å². The molecular weight excluding hydrogens is 652 g/mol. The first-order valence-electron chi connectivity index (χ1n) is 15.4. The largest absolute Gasteiger partial charge is 0.465 e. The van der Waals surface area contributed by atoms with Crippen LogP contribution in [0.2, 0.25) is 5.02 Å². The summed E-state index contributed by atoms with van der Waals surface area (Å²) in [6.07, 6.45) is 3.57. The quantitative estimate of drug-likeness (QED) is 0.154. The van der Waals surface area contributed by atoms with Crippen LogP contribution >= 0.6 is 11.6 Å². The van der Waals surface area contributed by atoms with E-state index in [1.54, 1.807) is 66.7 Å². The number of anilines is 3. The van der Waals surface area contributed by atoms with Gasteiger partial charge in [0.05, 0.1) is 32.7 Å². The highest BCUT2D eigenvalue weighted by Crippen LogP contribution is 2.71. The van der Waals surface area contributed by atoms with Gasteiger partial charge < -0.3 is 15.7 Å². The van der Waals surface area contributed by atoms with Crippen LogP contribution in [0.1, 0.15) is 40.0 Å². The Bertz CT molecular complexity index is 2180. The van der Waals surface area contributed by atoms with Gasteiger partial charge in [0.1, 0.15) is 0 Å². The molecule has 48 heavy (non-hydrogen) atoms. The Balaban J connectivity index is 1.08. The normalized spacial score (nSPS) is 20.0. The maximum Gasteiger partial charge on any atom is 0.408 e. The summed E-state index contributed by atoms with van der Waals surface area (Å²) in [7, 11) is -3.90. The molecule has 2 bridgehead atoms. The van der Waals surface area contributed by atoms with Gasteiger partial charge in [-0.3, -0.25) is 9.69 Å². The average Bonchev–Trinajstić information content (AvgIpc) is 3.40. The molecule has 0 aliphatic heterocycles. The van der Waals surface area contributed by atoms with Crippen molar-refractivity contribution in [2.75, 3.05) is 10.6 Å². The van der Waals surface area contributed by atoms with Crippen molar-refractivity contribution in [2.24, 2.45) is 5.41 Å². The van der Waals surface area contributed by atoms with Crippen LogP contribution in [0.25, 0.3) is 22.2 Å². The van der Waals surface area contributed by atoms with Crippen LogP contribution in [0.5, 0.6) is 0 Å². The van der Waals surface area contributed by atoms with Crippen LogP contribution in [0.4, 0.5) is 22.1 Å². The maximum absolute atomic E-state index is 13.6. The van der Waals surface area contributed by atoms with Gasteiger partial charge in [-0.05, 0) is 82.5 Å². The lowest BCUT2D eigenvalue weighted by Crippen LogP contribution is -2.80. The number of nitrogens with one attached hydrogen (secondary N) is 2. The zero-order chi connectivity index (χ0) is 34.1. The third kappa shape index (κ3) is 5.15. The van der Waals surface area contributed by atoms with E-state index in [9.17, 15) is 23.1 Å². The smallest absolute Gasteiger partial charge is 0.408 e. The van der Waals surface area contributed by atoms with Gasteiger partial charge in [0.25, 0.3) is 10.0 Å². The van der Waals surface area contributed by atoms with E-state index in [1.807, 2.05) is 32.9 Å². The molecule has 246 valence electrons. The molecule has 2 amide bonds. The fourth-order valence-corrected chi connectivity index (χ4v) is 8.89. The molecule has 2 aromatic heterocycles.